The number of rotatable bonds is 3. The Labute approximate surface area is 141 Å². The second kappa shape index (κ2) is 6.23. The van der Waals surface area contributed by atoms with E-state index >= 15 is 0 Å². The summed E-state index contributed by atoms with van der Waals surface area (Å²) in [5.41, 5.74) is 5.65. The predicted molar refractivity (Wildman–Crippen MR) is 94.5 cm³/mol. The standard InChI is InChI=1S/C19H23N3O2/c1-11-8-12(2)18(13(3)9-11)21-17(23)10-22-14(4)20-16-7-5-6-15(16)19(22)24/h8-9H,5-7,10H2,1-4H3,(H,21,23). The minimum atomic E-state index is -0.199. The molecule has 1 amide bonds. The van der Waals surface area contributed by atoms with E-state index in [1.807, 2.05) is 32.9 Å². The highest BCUT2D eigenvalue weighted by Gasteiger charge is 2.20. The molecule has 1 aliphatic rings. The number of anilines is 1. The van der Waals surface area contributed by atoms with Crippen LogP contribution in [0.4, 0.5) is 5.69 Å². The summed E-state index contributed by atoms with van der Waals surface area (Å²) in [5.74, 6) is 0.406. The average Bonchev–Trinajstić information content (AvgIpc) is 2.95. The molecule has 0 saturated carbocycles. The molecule has 0 spiro atoms. The Hall–Kier alpha value is -2.43. The van der Waals surface area contributed by atoms with Crippen molar-refractivity contribution >= 4 is 11.6 Å². The van der Waals surface area contributed by atoms with Crippen LogP contribution in [-0.2, 0) is 24.2 Å². The van der Waals surface area contributed by atoms with Crippen LogP contribution in [0.5, 0.6) is 0 Å². The van der Waals surface area contributed by atoms with Crippen molar-refractivity contribution in [2.24, 2.45) is 0 Å². The van der Waals surface area contributed by atoms with Gasteiger partial charge in [0.2, 0.25) is 5.91 Å². The van der Waals surface area contributed by atoms with Crippen molar-refractivity contribution in [2.75, 3.05) is 5.32 Å². The van der Waals surface area contributed by atoms with Gasteiger partial charge >= 0.3 is 0 Å². The lowest BCUT2D eigenvalue weighted by Gasteiger charge is -2.15. The Bertz CT molecular complexity index is 858. The topological polar surface area (TPSA) is 64.0 Å². The molecule has 1 aliphatic carbocycles. The van der Waals surface area contributed by atoms with Crippen LogP contribution in [0, 0.1) is 27.7 Å². The molecular weight excluding hydrogens is 302 g/mol. The minimum Gasteiger partial charge on any atom is -0.324 e. The molecule has 3 rings (SSSR count). The third-order valence-corrected chi connectivity index (χ3v) is 4.62. The van der Waals surface area contributed by atoms with Gasteiger partial charge in [0.25, 0.3) is 5.56 Å². The highest BCUT2D eigenvalue weighted by atomic mass is 16.2. The summed E-state index contributed by atoms with van der Waals surface area (Å²) in [7, 11) is 0. The van der Waals surface area contributed by atoms with E-state index in [1.54, 1.807) is 6.92 Å². The number of carbonyl (C=O) groups excluding carboxylic acids is 1. The Balaban J connectivity index is 1.86. The van der Waals surface area contributed by atoms with Gasteiger partial charge in [-0.1, -0.05) is 17.7 Å². The number of amides is 1. The fraction of sp³-hybridized carbons (Fsp3) is 0.421. The summed E-state index contributed by atoms with van der Waals surface area (Å²) in [5, 5.41) is 2.95. The molecule has 24 heavy (non-hydrogen) atoms. The van der Waals surface area contributed by atoms with E-state index in [2.05, 4.69) is 10.3 Å². The van der Waals surface area contributed by atoms with E-state index in [9.17, 15) is 9.59 Å². The van der Waals surface area contributed by atoms with Gasteiger partial charge in [-0.15, -0.1) is 0 Å². The first-order valence-electron chi connectivity index (χ1n) is 8.33. The van der Waals surface area contributed by atoms with Crippen LogP contribution in [-0.4, -0.2) is 15.5 Å². The van der Waals surface area contributed by atoms with Crippen LogP contribution in [0.15, 0.2) is 16.9 Å². The SMILES string of the molecule is Cc1cc(C)c(NC(=O)Cn2c(C)nc3c(c2=O)CCC3)c(C)c1. The number of hydrogen-bond donors (Lipinski definition) is 1. The van der Waals surface area contributed by atoms with Crippen LogP contribution in [0.2, 0.25) is 0 Å². The third kappa shape index (κ3) is 2.98. The van der Waals surface area contributed by atoms with Gasteiger partial charge in [-0.05, 0) is 58.1 Å². The third-order valence-electron chi connectivity index (χ3n) is 4.62. The van der Waals surface area contributed by atoms with Crippen molar-refractivity contribution < 1.29 is 4.79 Å². The van der Waals surface area contributed by atoms with Crippen molar-refractivity contribution in [1.29, 1.82) is 0 Å². The molecule has 0 unspecified atom stereocenters. The van der Waals surface area contributed by atoms with Crippen LogP contribution >= 0.6 is 0 Å². The molecule has 0 fully saturated rings. The summed E-state index contributed by atoms with van der Waals surface area (Å²) >= 11 is 0. The zero-order valence-corrected chi connectivity index (χ0v) is 14.7. The Morgan fingerprint density at radius 3 is 2.50 bits per heavy atom. The summed E-state index contributed by atoms with van der Waals surface area (Å²) in [6.07, 6.45) is 2.59. The van der Waals surface area contributed by atoms with Gasteiger partial charge in [0.1, 0.15) is 12.4 Å². The normalized spacial score (nSPS) is 13.0. The van der Waals surface area contributed by atoms with Gasteiger partial charge in [0.15, 0.2) is 0 Å². The fourth-order valence-corrected chi connectivity index (χ4v) is 3.53. The predicted octanol–water partition coefficient (Wildman–Crippen LogP) is 2.60. The summed E-state index contributed by atoms with van der Waals surface area (Å²) in [4.78, 5) is 29.6. The molecule has 2 aromatic rings. The average molecular weight is 325 g/mol. The molecule has 0 aliphatic heterocycles. The lowest BCUT2D eigenvalue weighted by molar-refractivity contribution is -0.116. The van der Waals surface area contributed by atoms with Gasteiger partial charge in [0, 0.05) is 11.3 Å². The van der Waals surface area contributed by atoms with E-state index in [-0.39, 0.29) is 18.0 Å². The molecular formula is C19H23N3O2. The number of benzene rings is 1. The minimum absolute atomic E-state index is 0.00228. The summed E-state index contributed by atoms with van der Waals surface area (Å²) in [6.45, 7) is 7.77. The highest BCUT2D eigenvalue weighted by Crippen LogP contribution is 2.22. The molecule has 5 nitrogen and oxygen atoms in total. The van der Waals surface area contributed by atoms with E-state index in [0.717, 1.165) is 52.9 Å². The van der Waals surface area contributed by atoms with Crippen LogP contribution in [0.25, 0.3) is 0 Å². The van der Waals surface area contributed by atoms with Gasteiger partial charge < -0.3 is 5.32 Å². The fourth-order valence-electron chi connectivity index (χ4n) is 3.53. The van der Waals surface area contributed by atoms with E-state index in [4.69, 9.17) is 0 Å². The Morgan fingerprint density at radius 1 is 1.17 bits per heavy atom. The smallest absolute Gasteiger partial charge is 0.257 e. The highest BCUT2D eigenvalue weighted by molar-refractivity contribution is 5.92. The molecule has 0 bridgehead atoms. The van der Waals surface area contributed by atoms with E-state index < -0.39 is 0 Å². The number of fused-ring (bicyclic) bond motifs is 1. The van der Waals surface area contributed by atoms with Crippen LogP contribution in [0.3, 0.4) is 0 Å². The van der Waals surface area contributed by atoms with Crippen LogP contribution < -0.4 is 10.9 Å². The first-order valence-corrected chi connectivity index (χ1v) is 8.33. The second-order valence-corrected chi connectivity index (χ2v) is 6.65. The maximum Gasteiger partial charge on any atom is 0.257 e. The molecule has 1 aromatic carbocycles. The van der Waals surface area contributed by atoms with E-state index in [1.165, 1.54) is 4.57 Å². The van der Waals surface area contributed by atoms with Gasteiger partial charge in [-0.25, -0.2) is 4.98 Å². The summed E-state index contributed by atoms with van der Waals surface area (Å²) in [6, 6.07) is 4.08. The van der Waals surface area contributed by atoms with E-state index in [0.29, 0.717) is 5.82 Å². The number of aryl methyl sites for hydroxylation is 5. The molecule has 0 atom stereocenters. The van der Waals surface area contributed by atoms with Crippen molar-refractivity contribution in [3.05, 3.63) is 56.3 Å². The molecule has 0 saturated heterocycles. The van der Waals surface area contributed by atoms with Crippen molar-refractivity contribution in [3.63, 3.8) is 0 Å². The number of carbonyl (C=O) groups is 1. The maximum absolute atomic E-state index is 12.6. The first-order chi connectivity index (χ1) is 11.4. The number of nitrogens with one attached hydrogen (secondary N) is 1. The first kappa shape index (κ1) is 16.4. The Morgan fingerprint density at radius 2 is 1.83 bits per heavy atom. The molecule has 0 radical (unpaired) electrons. The van der Waals surface area contributed by atoms with Gasteiger partial charge in [0.05, 0.1) is 5.69 Å². The monoisotopic (exact) mass is 325 g/mol. The largest absolute Gasteiger partial charge is 0.324 e. The Kier molecular flexibility index (Phi) is 4.26. The van der Waals surface area contributed by atoms with Crippen molar-refractivity contribution in [1.82, 2.24) is 9.55 Å². The lowest BCUT2D eigenvalue weighted by atomic mass is 10.1. The quantitative estimate of drug-likeness (QED) is 0.943. The molecule has 1 heterocycles. The zero-order chi connectivity index (χ0) is 17.4. The number of hydrogen-bond acceptors (Lipinski definition) is 3. The molecule has 1 aromatic heterocycles. The van der Waals surface area contributed by atoms with Gasteiger partial charge in [-0.3, -0.25) is 14.2 Å². The second-order valence-electron chi connectivity index (χ2n) is 6.65. The van der Waals surface area contributed by atoms with Crippen molar-refractivity contribution in [2.45, 2.75) is 53.5 Å². The summed E-state index contributed by atoms with van der Waals surface area (Å²) < 4.78 is 1.48. The molecule has 126 valence electrons. The van der Waals surface area contributed by atoms with Crippen LogP contribution in [0.1, 0.15) is 40.2 Å². The number of aromatic nitrogens is 2. The van der Waals surface area contributed by atoms with Crippen molar-refractivity contribution in [3.8, 4) is 0 Å². The lowest BCUT2D eigenvalue weighted by Crippen LogP contribution is -2.32. The zero-order valence-electron chi connectivity index (χ0n) is 14.7. The number of nitrogens with zero attached hydrogens (tertiary/aromatic N) is 2. The molecule has 1 N–H and O–H groups in total. The molecule has 5 heteroatoms. The van der Waals surface area contributed by atoms with Gasteiger partial charge in [-0.2, -0.15) is 0 Å². The maximum atomic E-state index is 12.6.